The first-order chi connectivity index (χ1) is 31.1. The number of aromatic hydroxyl groups is 2. The minimum atomic E-state index is -2.13. The highest BCUT2D eigenvalue weighted by molar-refractivity contribution is 6.13. The van der Waals surface area contributed by atoms with Crippen LogP contribution in [-0.2, 0) is 47.0 Å². The number of rotatable bonds is 10. The highest BCUT2D eigenvalue weighted by Crippen LogP contribution is 2.51. The van der Waals surface area contributed by atoms with Crippen LogP contribution in [0.3, 0.4) is 0 Å². The predicted molar refractivity (Wildman–Crippen MR) is 237 cm³/mol. The first kappa shape index (κ1) is 38.7. The Morgan fingerprint density at radius 3 is 1.36 bits per heavy atom. The maximum absolute atomic E-state index is 14.3. The predicted octanol–water partition coefficient (Wildman–Crippen LogP) is 6.25. The molecule has 2 atom stereocenters. The number of para-hydroxylation sites is 2. The number of phenols is 2. The lowest BCUT2D eigenvalue weighted by atomic mass is 9.84. The van der Waals surface area contributed by atoms with E-state index in [2.05, 4.69) is 20.6 Å². The molecule has 9 aromatic rings. The molecule has 14 heteroatoms. The number of fused-ring (bicyclic) bond motifs is 4. The third-order valence-corrected chi connectivity index (χ3v) is 12.3. The topological polar surface area (TPSA) is 183 Å². The van der Waals surface area contributed by atoms with Crippen LogP contribution >= 0.6 is 0 Å². The van der Waals surface area contributed by atoms with Crippen LogP contribution in [0.2, 0.25) is 0 Å². The van der Waals surface area contributed by atoms with Gasteiger partial charge in [-0.3, -0.25) is 9.59 Å². The molecule has 2 aliphatic rings. The number of hydrogen-bond acceptors (Lipinski definition) is 10. The summed E-state index contributed by atoms with van der Waals surface area (Å²) in [6.07, 6.45) is 3.53. The number of phenolic OH excluding ortho intramolecular Hbond substituents is 2. The summed E-state index contributed by atoms with van der Waals surface area (Å²) in [7, 11) is 0. The van der Waals surface area contributed by atoms with E-state index >= 15 is 0 Å². The Bertz CT molecular complexity index is 3130. The van der Waals surface area contributed by atoms with Gasteiger partial charge >= 0.3 is 0 Å². The minimum Gasteiger partial charge on any atom is -0.508 e. The second-order valence-electron chi connectivity index (χ2n) is 16.2. The van der Waals surface area contributed by atoms with Crippen LogP contribution in [0.25, 0.3) is 21.5 Å². The van der Waals surface area contributed by atoms with Crippen LogP contribution < -0.4 is 9.80 Å². The Hall–Kier alpha value is -8.20. The monoisotopic (exact) mass is 846 g/mol. The van der Waals surface area contributed by atoms with E-state index in [0.717, 1.165) is 21.9 Å². The molecule has 2 amide bonds. The Kier molecular flexibility index (Phi) is 8.90. The minimum absolute atomic E-state index is 0.0396. The van der Waals surface area contributed by atoms with Gasteiger partial charge in [-0.1, -0.05) is 132 Å². The molecule has 2 aromatic heterocycles. The molecule has 314 valence electrons. The third kappa shape index (κ3) is 6.02. The Labute approximate surface area is 365 Å². The Morgan fingerprint density at radius 1 is 0.469 bits per heavy atom. The van der Waals surface area contributed by atoms with Gasteiger partial charge in [0.15, 0.2) is 0 Å². The first-order valence-electron chi connectivity index (χ1n) is 20.7. The molecule has 11 rings (SSSR count). The standard InChI is InChI=1S/C50H38N8O6/c59-43-22-20-33-12-1-3-14-37(33)45(43)49(63)39-16-5-7-18-41(39)57(47(49)61)29-35-27-55(53-51-35)25-31-10-9-11-32(24-31)26-56-28-36(52-54-56)30-58-42-19-8-6-17-40(42)50(64,48(58)62)46-38-15-4-2-13-34(38)21-23-44(46)60/h1-24,27-28,59-60,63-64H,25-26,29-30H2. The van der Waals surface area contributed by atoms with Crippen molar-refractivity contribution in [1.82, 2.24) is 30.0 Å². The molecule has 64 heavy (non-hydrogen) atoms. The molecule has 7 aromatic carbocycles. The van der Waals surface area contributed by atoms with E-state index in [-0.39, 0.29) is 35.7 Å². The average molecular weight is 847 g/mol. The van der Waals surface area contributed by atoms with Crippen molar-refractivity contribution in [2.45, 2.75) is 37.4 Å². The second-order valence-corrected chi connectivity index (χ2v) is 16.2. The molecule has 2 aliphatic heterocycles. The number of carbonyl (C=O) groups excluding carboxylic acids is 2. The van der Waals surface area contributed by atoms with Crippen molar-refractivity contribution in [2.24, 2.45) is 0 Å². The van der Waals surface area contributed by atoms with Gasteiger partial charge in [-0.25, -0.2) is 9.36 Å². The molecule has 4 heterocycles. The third-order valence-electron chi connectivity index (χ3n) is 12.3. The highest BCUT2D eigenvalue weighted by Gasteiger charge is 2.54. The Morgan fingerprint density at radius 2 is 0.891 bits per heavy atom. The van der Waals surface area contributed by atoms with Gasteiger partial charge in [-0.2, -0.15) is 0 Å². The lowest BCUT2D eigenvalue weighted by Crippen LogP contribution is -2.41. The van der Waals surface area contributed by atoms with Crippen LogP contribution in [0.15, 0.2) is 158 Å². The van der Waals surface area contributed by atoms with Crippen molar-refractivity contribution in [3.63, 3.8) is 0 Å². The summed E-state index contributed by atoms with van der Waals surface area (Å²) in [6, 6.07) is 43.1. The Balaban J connectivity index is 0.793. The number of amides is 2. The summed E-state index contributed by atoms with van der Waals surface area (Å²) < 4.78 is 3.36. The summed E-state index contributed by atoms with van der Waals surface area (Å²) in [6.45, 7) is 0.844. The molecule has 0 saturated heterocycles. The zero-order valence-electron chi connectivity index (χ0n) is 34.0. The van der Waals surface area contributed by atoms with Gasteiger partial charge < -0.3 is 30.2 Å². The van der Waals surface area contributed by atoms with E-state index in [4.69, 9.17) is 0 Å². The van der Waals surface area contributed by atoms with Crippen molar-refractivity contribution in [3.8, 4) is 11.5 Å². The number of nitrogens with zero attached hydrogens (tertiary/aromatic N) is 8. The summed E-state index contributed by atoms with van der Waals surface area (Å²) in [4.78, 5) is 31.6. The van der Waals surface area contributed by atoms with Crippen molar-refractivity contribution < 1.29 is 30.0 Å². The van der Waals surface area contributed by atoms with Gasteiger partial charge in [0, 0.05) is 22.3 Å². The summed E-state index contributed by atoms with van der Waals surface area (Å²) in [5.74, 6) is -1.55. The number of aromatic nitrogens is 6. The molecule has 0 radical (unpaired) electrons. The van der Waals surface area contributed by atoms with E-state index in [9.17, 15) is 30.0 Å². The van der Waals surface area contributed by atoms with E-state index in [1.54, 1.807) is 107 Å². The fourth-order valence-electron chi connectivity index (χ4n) is 9.45. The molecular weight excluding hydrogens is 809 g/mol. The molecule has 0 fully saturated rings. The molecule has 0 aliphatic carbocycles. The lowest BCUT2D eigenvalue weighted by molar-refractivity contribution is -0.132. The maximum atomic E-state index is 14.3. The normalized spacial score (nSPS) is 18.0. The quantitative estimate of drug-likeness (QED) is 0.123. The molecule has 0 spiro atoms. The molecular formula is C50H38N8O6. The summed E-state index contributed by atoms with van der Waals surface area (Å²) >= 11 is 0. The molecule has 0 bridgehead atoms. The van der Waals surface area contributed by atoms with Gasteiger partial charge in [0.05, 0.1) is 49.9 Å². The van der Waals surface area contributed by atoms with Gasteiger partial charge in [0.25, 0.3) is 11.8 Å². The van der Waals surface area contributed by atoms with E-state index in [1.165, 1.54) is 21.9 Å². The number of hydrogen-bond donors (Lipinski definition) is 4. The van der Waals surface area contributed by atoms with E-state index in [1.807, 2.05) is 48.5 Å². The van der Waals surface area contributed by atoms with Crippen LogP contribution in [0.4, 0.5) is 11.4 Å². The fourth-order valence-corrected chi connectivity index (χ4v) is 9.45. The van der Waals surface area contributed by atoms with Gasteiger partial charge in [-0.05, 0) is 56.9 Å². The number of anilines is 2. The van der Waals surface area contributed by atoms with Crippen molar-refractivity contribution >= 4 is 44.7 Å². The molecule has 0 saturated carbocycles. The van der Waals surface area contributed by atoms with Gasteiger partial charge in [-0.15, -0.1) is 10.2 Å². The first-order valence-corrected chi connectivity index (χ1v) is 20.7. The van der Waals surface area contributed by atoms with Gasteiger partial charge in [0.1, 0.15) is 22.9 Å². The molecule has 2 unspecified atom stereocenters. The molecule has 4 N–H and O–H groups in total. The second kappa shape index (κ2) is 14.7. The van der Waals surface area contributed by atoms with Crippen molar-refractivity contribution in [1.29, 1.82) is 0 Å². The fraction of sp³-hybridized carbons (Fsp3) is 0.120. The average Bonchev–Trinajstić information content (AvgIpc) is 4.06. The smallest absolute Gasteiger partial charge is 0.269 e. The highest BCUT2D eigenvalue weighted by atomic mass is 16.3. The van der Waals surface area contributed by atoms with Crippen LogP contribution in [-0.4, -0.2) is 62.2 Å². The SMILES string of the molecule is O=C1N(Cc2cn(Cc3cccc(Cn4cc(CN5C(=O)C(O)(c6c(O)ccc7ccccc67)c6ccccc65)nn4)c3)nn2)c2ccccc2C1(O)c1c(O)ccc2ccccc12. The van der Waals surface area contributed by atoms with Crippen LogP contribution in [0.1, 0.15) is 44.8 Å². The van der Waals surface area contributed by atoms with E-state index in [0.29, 0.717) is 57.8 Å². The van der Waals surface area contributed by atoms with E-state index < -0.39 is 23.0 Å². The lowest BCUT2D eigenvalue weighted by Gasteiger charge is -2.25. The van der Waals surface area contributed by atoms with Crippen LogP contribution in [0.5, 0.6) is 11.5 Å². The van der Waals surface area contributed by atoms with Crippen molar-refractivity contribution in [2.75, 3.05) is 9.80 Å². The number of benzene rings is 7. The number of carbonyl (C=O) groups is 2. The largest absolute Gasteiger partial charge is 0.508 e. The summed E-state index contributed by atoms with van der Waals surface area (Å²) in [5.41, 5.74) is 0.668. The van der Waals surface area contributed by atoms with Crippen LogP contribution in [0, 0.1) is 0 Å². The molecule has 14 nitrogen and oxygen atoms in total. The van der Waals surface area contributed by atoms with Gasteiger partial charge in [0.2, 0.25) is 11.2 Å². The zero-order valence-corrected chi connectivity index (χ0v) is 34.0. The maximum Gasteiger partial charge on any atom is 0.269 e. The van der Waals surface area contributed by atoms with Crippen molar-refractivity contribution in [3.05, 3.63) is 203 Å². The zero-order chi connectivity index (χ0) is 43.7. The summed E-state index contributed by atoms with van der Waals surface area (Å²) in [5, 5.41) is 67.0. The number of aliphatic hydroxyl groups is 2.